The zero-order valence-electron chi connectivity index (χ0n) is 5.68. The van der Waals surface area contributed by atoms with Gasteiger partial charge in [0, 0.05) is 12.4 Å². The molecule has 0 radical (unpaired) electrons. The lowest BCUT2D eigenvalue weighted by atomic mass is 10.2. The van der Waals surface area contributed by atoms with Crippen LogP contribution < -0.4 is 0 Å². The lowest BCUT2D eigenvalue weighted by Crippen LogP contribution is -1.78. The standard InChI is InChI=1S/C7H9N.H2O/c1-6-3-4-8-5-7(6)2;/h3-5H,1-2H3;1H2. The molecule has 0 aromatic carbocycles. The summed E-state index contributed by atoms with van der Waals surface area (Å²) in [7, 11) is 0. The highest BCUT2D eigenvalue weighted by atomic mass is 16.0. The summed E-state index contributed by atoms with van der Waals surface area (Å²) < 4.78 is 0. The Hall–Kier alpha value is -0.890. The van der Waals surface area contributed by atoms with Gasteiger partial charge in [0.1, 0.15) is 0 Å². The van der Waals surface area contributed by atoms with E-state index in [0.717, 1.165) is 0 Å². The molecule has 2 N–H and O–H groups in total. The van der Waals surface area contributed by atoms with Crippen molar-refractivity contribution >= 4 is 0 Å². The first-order valence-corrected chi connectivity index (χ1v) is 2.68. The second-order valence-electron chi connectivity index (χ2n) is 1.96. The summed E-state index contributed by atoms with van der Waals surface area (Å²) in [5.74, 6) is 0. The van der Waals surface area contributed by atoms with E-state index >= 15 is 0 Å². The lowest BCUT2D eigenvalue weighted by Gasteiger charge is -1.92. The molecule has 50 valence electrons. The molecule has 0 unspecified atom stereocenters. The zero-order chi connectivity index (χ0) is 5.98. The van der Waals surface area contributed by atoms with Crippen molar-refractivity contribution in [3.05, 3.63) is 29.6 Å². The maximum atomic E-state index is 3.95. The maximum absolute atomic E-state index is 3.95. The molecule has 0 aliphatic rings. The van der Waals surface area contributed by atoms with Gasteiger partial charge in [-0.1, -0.05) is 0 Å². The van der Waals surface area contributed by atoms with Gasteiger partial charge in [-0.25, -0.2) is 0 Å². The molecule has 0 saturated carbocycles. The quantitative estimate of drug-likeness (QED) is 0.507. The summed E-state index contributed by atoms with van der Waals surface area (Å²) in [6.07, 6.45) is 3.68. The Morgan fingerprint density at radius 3 is 2.22 bits per heavy atom. The van der Waals surface area contributed by atoms with Gasteiger partial charge in [0.15, 0.2) is 0 Å². The van der Waals surface area contributed by atoms with E-state index in [9.17, 15) is 0 Å². The second kappa shape index (κ2) is 3.20. The Morgan fingerprint density at radius 2 is 1.89 bits per heavy atom. The minimum absolute atomic E-state index is 0. The number of aryl methyl sites for hydroxylation is 2. The third kappa shape index (κ3) is 1.82. The number of pyridine rings is 1. The zero-order valence-corrected chi connectivity index (χ0v) is 5.68. The molecule has 2 nitrogen and oxygen atoms in total. The van der Waals surface area contributed by atoms with E-state index in [-0.39, 0.29) is 5.48 Å². The fourth-order valence-electron chi connectivity index (χ4n) is 0.543. The minimum atomic E-state index is 0. The first-order valence-electron chi connectivity index (χ1n) is 2.68. The van der Waals surface area contributed by atoms with Gasteiger partial charge in [0.2, 0.25) is 0 Å². The van der Waals surface area contributed by atoms with Crippen LogP contribution in [0.3, 0.4) is 0 Å². The van der Waals surface area contributed by atoms with Gasteiger partial charge in [-0.3, -0.25) is 4.98 Å². The monoisotopic (exact) mass is 125 g/mol. The molecule has 1 aromatic rings. The summed E-state index contributed by atoms with van der Waals surface area (Å²) in [6, 6.07) is 2.01. The van der Waals surface area contributed by atoms with Crippen LogP contribution in [0.15, 0.2) is 18.5 Å². The topological polar surface area (TPSA) is 44.4 Å². The van der Waals surface area contributed by atoms with Gasteiger partial charge in [-0.15, -0.1) is 0 Å². The van der Waals surface area contributed by atoms with E-state index in [1.807, 2.05) is 18.5 Å². The van der Waals surface area contributed by atoms with Gasteiger partial charge in [0.25, 0.3) is 0 Å². The fraction of sp³-hybridized carbons (Fsp3) is 0.286. The summed E-state index contributed by atoms with van der Waals surface area (Å²) in [4.78, 5) is 3.95. The molecular weight excluding hydrogens is 114 g/mol. The van der Waals surface area contributed by atoms with E-state index < -0.39 is 0 Å². The number of hydrogen-bond donors (Lipinski definition) is 0. The van der Waals surface area contributed by atoms with E-state index in [1.54, 1.807) is 0 Å². The molecule has 0 spiro atoms. The van der Waals surface area contributed by atoms with Crippen molar-refractivity contribution in [1.29, 1.82) is 0 Å². The molecule has 0 amide bonds. The van der Waals surface area contributed by atoms with Crippen LogP contribution in [-0.4, -0.2) is 10.5 Å². The number of nitrogens with zero attached hydrogens (tertiary/aromatic N) is 1. The molecule has 0 aliphatic heterocycles. The van der Waals surface area contributed by atoms with Crippen LogP contribution >= 0.6 is 0 Å². The average molecular weight is 125 g/mol. The lowest BCUT2D eigenvalue weighted by molar-refractivity contribution is 0.824. The maximum Gasteiger partial charge on any atom is 0.0299 e. The van der Waals surface area contributed by atoms with Crippen LogP contribution in [0.25, 0.3) is 0 Å². The van der Waals surface area contributed by atoms with E-state index in [2.05, 4.69) is 18.8 Å². The van der Waals surface area contributed by atoms with Crippen LogP contribution in [0.1, 0.15) is 11.1 Å². The summed E-state index contributed by atoms with van der Waals surface area (Å²) in [5.41, 5.74) is 2.56. The van der Waals surface area contributed by atoms with Crippen LogP contribution in [0, 0.1) is 13.8 Å². The van der Waals surface area contributed by atoms with Crippen molar-refractivity contribution in [2.45, 2.75) is 13.8 Å². The molecule has 1 rings (SSSR count). The number of hydrogen-bond acceptors (Lipinski definition) is 1. The predicted octanol–water partition coefficient (Wildman–Crippen LogP) is 0.874. The Labute approximate surface area is 54.9 Å². The van der Waals surface area contributed by atoms with Crippen LogP contribution in [0.2, 0.25) is 0 Å². The fourth-order valence-corrected chi connectivity index (χ4v) is 0.543. The van der Waals surface area contributed by atoms with Crippen molar-refractivity contribution in [3.8, 4) is 0 Å². The molecule has 2 heteroatoms. The van der Waals surface area contributed by atoms with Crippen LogP contribution in [0.5, 0.6) is 0 Å². The second-order valence-corrected chi connectivity index (χ2v) is 1.96. The minimum Gasteiger partial charge on any atom is -0.412 e. The highest BCUT2D eigenvalue weighted by molar-refractivity contribution is 5.18. The Kier molecular flexibility index (Phi) is 2.88. The molecule has 1 aromatic heterocycles. The highest BCUT2D eigenvalue weighted by Crippen LogP contribution is 2.00. The Bertz CT molecular complexity index is 165. The highest BCUT2D eigenvalue weighted by Gasteiger charge is 1.84. The van der Waals surface area contributed by atoms with E-state index in [4.69, 9.17) is 0 Å². The largest absolute Gasteiger partial charge is 0.412 e. The Balaban J connectivity index is 0.000000640. The third-order valence-electron chi connectivity index (χ3n) is 1.30. The van der Waals surface area contributed by atoms with Gasteiger partial charge in [-0.05, 0) is 31.0 Å². The predicted molar refractivity (Wildman–Crippen MR) is 37.3 cm³/mol. The molecule has 0 bridgehead atoms. The van der Waals surface area contributed by atoms with Crippen molar-refractivity contribution in [1.82, 2.24) is 4.98 Å². The smallest absolute Gasteiger partial charge is 0.0299 e. The molecule has 0 atom stereocenters. The van der Waals surface area contributed by atoms with Gasteiger partial charge in [-0.2, -0.15) is 0 Å². The molecule has 1 heterocycles. The van der Waals surface area contributed by atoms with E-state index in [0.29, 0.717) is 0 Å². The molecule has 0 saturated heterocycles. The number of aromatic nitrogens is 1. The van der Waals surface area contributed by atoms with Crippen LogP contribution in [-0.2, 0) is 0 Å². The normalized spacial score (nSPS) is 8.22. The summed E-state index contributed by atoms with van der Waals surface area (Å²) in [5, 5.41) is 0. The van der Waals surface area contributed by atoms with Crippen molar-refractivity contribution in [3.63, 3.8) is 0 Å². The van der Waals surface area contributed by atoms with Crippen molar-refractivity contribution in [2.75, 3.05) is 0 Å². The first kappa shape index (κ1) is 8.11. The van der Waals surface area contributed by atoms with Crippen molar-refractivity contribution < 1.29 is 5.48 Å². The number of rotatable bonds is 0. The first-order chi connectivity index (χ1) is 3.80. The van der Waals surface area contributed by atoms with Gasteiger partial charge in [0.05, 0.1) is 0 Å². The van der Waals surface area contributed by atoms with Crippen molar-refractivity contribution in [2.24, 2.45) is 0 Å². The molecule has 0 fully saturated rings. The molecule has 0 aliphatic carbocycles. The third-order valence-corrected chi connectivity index (χ3v) is 1.30. The Morgan fingerprint density at radius 1 is 1.22 bits per heavy atom. The SMILES string of the molecule is Cc1ccncc1C.O. The molecule has 9 heavy (non-hydrogen) atoms. The molecular formula is C7H11NO. The summed E-state index contributed by atoms with van der Waals surface area (Å²) in [6.45, 7) is 4.14. The van der Waals surface area contributed by atoms with Gasteiger partial charge < -0.3 is 5.48 Å². The van der Waals surface area contributed by atoms with Crippen LogP contribution in [0.4, 0.5) is 0 Å². The van der Waals surface area contributed by atoms with E-state index in [1.165, 1.54) is 11.1 Å². The summed E-state index contributed by atoms with van der Waals surface area (Å²) >= 11 is 0. The average Bonchev–Trinajstić information content (AvgIpc) is 1.77. The van der Waals surface area contributed by atoms with Gasteiger partial charge >= 0.3 is 0 Å².